The largest absolute Gasteiger partial charge is 0.481 e. The maximum Gasteiger partial charge on any atom is 0.303 e. The summed E-state index contributed by atoms with van der Waals surface area (Å²) < 4.78 is 0. The Bertz CT molecular complexity index is 130. The third kappa shape index (κ3) is 64.6. The predicted octanol–water partition coefficient (Wildman–Crippen LogP) is -1.09. The molecule has 0 spiro atoms. The Balaban J connectivity index is -0.000000173. The zero-order valence-electron chi connectivity index (χ0n) is 8.59. The smallest absolute Gasteiger partial charge is 0.303 e. The van der Waals surface area contributed by atoms with Crippen LogP contribution in [0, 0.1) is 0 Å². The van der Waals surface area contributed by atoms with E-state index in [4.69, 9.17) is 25.5 Å². The standard InChI is InChI=1S/C4H6O4.C2H6O2.C2H6O/c5-3(6)1-2-4(7)8;3-1-2-4;1-2-3/h1-2H2,(H,5,6)(H,7,8);3-4H,1-2H2;3H,2H2,1H3. The molecule has 0 aliphatic rings. The minimum Gasteiger partial charge on any atom is -0.481 e. The summed E-state index contributed by atoms with van der Waals surface area (Å²) in [4.78, 5) is 19.3. The van der Waals surface area contributed by atoms with Gasteiger partial charge in [-0.15, -0.1) is 0 Å². The van der Waals surface area contributed by atoms with Crippen molar-refractivity contribution in [1.29, 1.82) is 0 Å². The molecule has 0 aromatic carbocycles. The van der Waals surface area contributed by atoms with Crippen LogP contribution in [0.3, 0.4) is 0 Å². The highest BCUT2D eigenvalue weighted by atomic mass is 16.4. The maximum absolute atomic E-state index is 9.64. The van der Waals surface area contributed by atoms with Crippen LogP contribution in [0.5, 0.6) is 0 Å². The number of aliphatic carboxylic acids is 2. The van der Waals surface area contributed by atoms with E-state index in [-0.39, 0.29) is 32.7 Å². The third-order valence-electron chi connectivity index (χ3n) is 0.653. The van der Waals surface area contributed by atoms with Crippen molar-refractivity contribution in [2.45, 2.75) is 19.8 Å². The van der Waals surface area contributed by atoms with Gasteiger partial charge in [-0.05, 0) is 6.92 Å². The van der Waals surface area contributed by atoms with Crippen molar-refractivity contribution in [2.24, 2.45) is 0 Å². The second-order valence-electron chi connectivity index (χ2n) is 2.05. The summed E-state index contributed by atoms with van der Waals surface area (Å²) in [6.07, 6.45) is -0.593. The van der Waals surface area contributed by atoms with Gasteiger partial charge in [0.15, 0.2) is 0 Å². The van der Waals surface area contributed by atoms with Crippen LogP contribution >= 0.6 is 0 Å². The summed E-state index contributed by atoms with van der Waals surface area (Å²) in [6, 6.07) is 0. The zero-order chi connectivity index (χ0) is 12.7. The SMILES string of the molecule is CCO.O=C(O)CCC(=O)O.OCCO. The van der Waals surface area contributed by atoms with Crippen LogP contribution < -0.4 is 0 Å². The molecule has 0 fully saturated rings. The fourth-order valence-corrected chi connectivity index (χ4v) is 0.214. The molecular formula is C8H18O7. The van der Waals surface area contributed by atoms with Gasteiger partial charge in [-0.3, -0.25) is 9.59 Å². The van der Waals surface area contributed by atoms with Gasteiger partial charge in [0.25, 0.3) is 0 Å². The fourth-order valence-electron chi connectivity index (χ4n) is 0.214. The number of hydrogen-bond donors (Lipinski definition) is 5. The van der Waals surface area contributed by atoms with Crippen molar-refractivity contribution in [3.05, 3.63) is 0 Å². The van der Waals surface area contributed by atoms with Gasteiger partial charge in [0.1, 0.15) is 0 Å². The monoisotopic (exact) mass is 226 g/mol. The first kappa shape index (κ1) is 19.4. The van der Waals surface area contributed by atoms with E-state index in [0.29, 0.717) is 0 Å². The molecule has 15 heavy (non-hydrogen) atoms. The van der Waals surface area contributed by atoms with E-state index in [9.17, 15) is 9.59 Å². The molecule has 7 nitrogen and oxygen atoms in total. The van der Waals surface area contributed by atoms with Gasteiger partial charge in [-0.1, -0.05) is 0 Å². The summed E-state index contributed by atoms with van der Waals surface area (Å²) in [6.45, 7) is 1.68. The van der Waals surface area contributed by atoms with E-state index in [1.165, 1.54) is 0 Å². The normalized spacial score (nSPS) is 7.73. The summed E-state index contributed by atoms with van der Waals surface area (Å²) in [7, 11) is 0. The van der Waals surface area contributed by atoms with Gasteiger partial charge in [-0.25, -0.2) is 0 Å². The highest BCUT2D eigenvalue weighted by Gasteiger charge is 2.00. The van der Waals surface area contributed by atoms with Crippen molar-refractivity contribution in [1.82, 2.24) is 0 Å². The highest BCUT2D eigenvalue weighted by molar-refractivity contribution is 5.75. The van der Waals surface area contributed by atoms with Crippen molar-refractivity contribution in [3.8, 4) is 0 Å². The van der Waals surface area contributed by atoms with E-state index in [0.717, 1.165) is 0 Å². The Morgan fingerprint density at radius 2 is 1.07 bits per heavy atom. The van der Waals surface area contributed by atoms with E-state index >= 15 is 0 Å². The van der Waals surface area contributed by atoms with Crippen molar-refractivity contribution in [2.75, 3.05) is 19.8 Å². The number of carboxylic acid groups (broad SMARTS) is 2. The van der Waals surface area contributed by atoms with Gasteiger partial charge in [-0.2, -0.15) is 0 Å². The topological polar surface area (TPSA) is 135 Å². The summed E-state index contributed by atoms with van der Waals surface area (Å²) in [5.74, 6) is -2.15. The lowest BCUT2D eigenvalue weighted by molar-refractivity contribution is -0.143. The first-order chi connectivity index (χ1) is 6.95. The van der Waals surface area contributed by atoms with Crippen LogP contribution in [-0.4, -0.2) is 57.3 Å². The lowest BCUT2D eigenvalue weighted by Gasteiger charge is -1.85. The molecule has 0 amide bonds. The highest BCUT2D eigenvalue weighted by Crippen LogP contribution is 1.86. The summed E-state index contributed by atoms with van der Waals surface area (Å²) >= 11 is 0. The van der Waals surface area contributed by atoms with E-state index in [1.807, 2.05) is 0 Å². The number of rotatable bonds is 4. The number of hydrogen-bond acceptors (Lipinski definition) is 5. The van der Waals surface area contributed by atoms with Gasteiger partial charge >= 0.3 is 11.9 Å². The Morgan fingerprint density at radius 1 is 0.867 bits per heavy atom. The second kappa shape index (κ2) is 18.6. The number of aliphatic hydroxyl groups excluding tert-OH is 3. The fraction of sp³-hybridized carbons (Fsp3) is 0.750. The quantitative estimate of drug-likeness (QED) is 0.410. The van der Waals surface area contributed by atoms with Crippen molar-refractivity contribution in [3.63, 3.8) is 0 Å². The number of carboxylic acids is 2. The van der Waals surface area contributed by atoms with Gasteiger partial charge < -0.3 is 25.5 Å². The van der Waals surface area contributed by atoms with Crippen LogP contribution in [-0.2, 0) is 9.59 Å². The number of aliphatic hydroxyl groups is 3. The molecule has 0 aromatic rings. The molecular weight excluding hydrogens is 208 g/mol. The average Bonchev–Trinajstić information content (AvgIpc) is 2.16. The lowest BCUT2D eigenvalue weighted by Crippen LogP contribution is -2.00. The van der Waals surface area contributed by atoms with Crippen LogP contribution in [0.25, 0.3) is 0 Å². The minimum atomic E-state index is -1.08. The molecule has 0 saturated carbocycles. The summed E-state index contributed by atoms with van der Waals surface area (Å²) in [5, 5.41) is 38.6. The molecule has 7 heteroatoms. The first-order valence-corrected chi connectivity index (χ1v) is 4.22. The van der Waals surface area contributed by atoms with Crippen molar-refractivity contribution < 1.29 is 35.1 Å². The molecule has 0 aromatic heterocycles. The van der Waals surface area contributed by atoms with Gasteiger partial charge in [0.05, 0.1) is 26.1 Å². The molecule has 0 aliphatic carbocycles. The third-order valence-corrected chi connectivity index (χ3v) is 0.653. The molecule has 0 saturated heterocycles. The van der Waals surface area contributed by atoms with E-state index < -0.39 is 11.9 Å². The molecule has 0 unspecified atom stereocenters. The van der Waals surface area contributed by atoms with E-state index in [1.54, 1.807) is 6.92 Å². The molecule has 92 valence electrons. The Kier molecular flexibility index (Phi) is 24.0. The Labute approximate surface area is 87.6 Å². The van der Waals surface area contributed by atoms with E-state index in [2.05, 4.69) is 0 Å². The van der Waals surface area contributed by atoms with Crippen LogP contribution in [0.2, 0.25) is 0 Å². The summed E-state index contributed by atoms with van der Waals surface area (Å²) in [5.41, 5.74) is 0. The predicted molar refractivity (Wildman–Crippen MR) is 51.4 cm³/mol. The minimum absolute atomic E-state index is 0.125. The first-order valence-electron chi connectivity index (χ1n) is 4.22. The average molecular weight is 226 g/mol. The molecule has 0 aliphatic heterocycles. The molecule has 5 N–H and O–H groups in total. The lowest BCUT2D eigenvalue weighted by atomic mass is 10.3. The Morgan fingerprint density at radius 3 is 1.13 bits per heavy atom. The molecule has 0 heterocycles. The molecule has 0 bridgehead atoms. The van der Waals surface area contributed by atoms with Crippen LogP contribution in [0.15, 0.2) is 0 Å². The molecule has 0 atom stereocenters. The molecule has 0 radical (unpaired) electrons. The van der Waals surface area contributed by atoms with Gasteiger partial charge in [0.2, 0.25) is 0 Å². The van der Waals surface area contributed by atoms with Crippen molar-refractivity contribution >= 4 is 11.9 Å². The van der Waals surface area contributed by atoms with Crippen LogP contribution in [0.1, 0.15) is 19.8 Å². The number of carbonyl (C=O) groups is 2. The second-order valence-corrected chi connectivity index (χ2v) is 2.05. The zero-order valence-corrected chi connectivity index (χ0v) is 8.59. The van der Waals surface area contributed by atoms with Crippen LogP contribution in [0.4, 0.5) is 0 Å². The van der Waals surface area contributed by atoms with Gasteiger partial charge in [0, 0.05) is 6.61 Å². The molecule has 0 rings (SSSR count). The maximum atomic E-state index is 9.64. The Hall–Kier alpha value is -1.18.